The maximum absolute atomic E-state index is 13.6. The number of rotatable bonds is 6. The summed E-state index contributed by atoms with van der Waals surface area (Å²) in [6.07, 6.45) is 1.34. The Morgan fingerprint density at radius 3 is 2.42 bits per heavy atom. The third kappa shape index (κ3) is 4.91. The zero-order chi connectivity index (χ0) is 27.0. The number of hydrogen-bond donors (Lipinski definition) is 0. The smallest absolute Gasteiger partial charge is 0.263 e. The van der Waals surface area contributed by atoms with E-state index in [0.29, 0.717) is 62.1 Å². The van der Waals surface area contributed by atoms with E-state index < -0.39 is 15.6 Å². The van der Waals surface area contributed by atoms with Gasteiger partial charge in [-0.25, -0.2) is 13.4 Å². The molecule has 0 radical (unpaired) electrons. The molecule has 1 aromatic carbocycles. The highest BCUT2D eigenvalue weighted by atomic mass is 32.2. The van der Waals surface area contributed by atoms with Gasteiger partial charge in [-0.1, -0.05) is 12.1 Å². The van der Waals surface area contributed by atoms with E-state index in [0.717, 1.165) is 11.4 Å². The molecule has 3 aromatic rings. The molecule has 0 bridgehead atoms. The lowest BCUT2D eigenvalue weighted by molar-refractivity contribution is -0.132. The molecular weight excluding hydrogens is 528 g/mol. The van der Waals surface area contributed by atoms with Gasteiger partial charge < -0.3 is 19.4 Å². The fourth-order valence-corrected chi connectivity index (χ4v) is 8.12. The van der Waals surface area contributed by atoms with E-state index in [2.05, 4.69) is 14.8 Å². The molecule has 2 saturated heterocycles. The minimum Gasteiger partial charge on any atom is -0.495 e. The van der Waals surface area contributed by atoms with E-state index in [9.17, 15) is 18.0 Å². The standard InChI is InChI=1S/C25H32N6O5S2/c1-18-23(38(34,35)31-14-8-27(2)9-15-31)22-24(37-18)26-17-30(25(22)33)16-21(32)29-12-10-28(11-13-29)19-6-4-5-7-20(19)36-3/h4-7,17H,8-16H2,1-3H3. The molecule has 2 fully saturated rings. The van der Waals surface area contributed by atoms with Gasteiger partial charge in [-0.15, -0.1) is 11.3 Å². The summed E-state index contributed by atoms with van der Waals surface area (Å²) in [4.78, 5) is 37.9. The second-order valence-corrected chi connectivity index (χ2v) is 12.7. The van der Waals surface area contributed by atoms with Gasteiger partial charge in [0.15, 0.2) is 0 Å². The van der Waals surface area contributed by atoms with Crippen molar-refractivity contribution in [2.45, 2.75) is 18.4 Å². The number of fused-ring (bicyclic) bond motifs is 1. The van der Waals surface area contributed by atoms with Crippen LogP contribution in [0.3, 0.4) is 0 Å². The zero-order valence-electron chi connectivity index (χ0n) is 21.8. The first-order valence-electron chi connectivity index (χ1n) is 12.5. The average molecular weight is 561 g/mol. The van der Waals surface area contributed by atoms with Crippen molar-refractivity contribution in [3.05, 3.63) is 45.8 Å². The predicted molar refractivity (Wildman–Crippen MR) is 147 cm³/mol. The Balaban J connectivity index is 1.35. The van der Waals surface area contributed by atoms with Crippen molar-refractivity contribution in [1.82, 2.24) is 23.7 Å². The van der Waals surface area contributed by atoms with Crippen LogP contribution in [0.25, 0.3) is 10.2 Å². The number of carbonyl (C=O) groups excluding carboxylic acids is 1. The van der Waals surface area contributed by atoms with Crippen molar-refractivity contribution in [2.24, 2.45) is 0 Å². The van der Waals surface area contributed by atoms with E-state index in [1.807, 2.05) is 31.3 Å². The molecule has 0 N–H and O–H groups in total. The number of carbonyl (C=O) groups is 1. The van der Waals surface area contributed by atoms with Crippen LogP contribution in [0, 0.1) is 6.92 Å². The molecule has 4 heterocycles. The molecule has 2 aliphatic rings. The second-order valence-electron chi connectivity index (χ2n) is 9.59. The quantitative estimate of drug-likeness (QED) is 0.441. The number of nitrogens with zero attached hydrogens (tertiary/aromatic N) is 6. The number of sulfonamides is 1. The molecule has 13 heteroatoms. The van der Waals surface area contributed by atoms with Gasteiger partial charge in [-0.3, -0.25) is 14.2 Å². The zero-order valence-corrected chi connectivity index (χ0v) is 23.4. The minimum absolute atomic E-state index is 0.0202. The Bertz CT molecular complexity index is 1500. The number of hydrogen-bond acceptors (Lipinski definition) is 9. The highest BCUT2D eigenvalue weighted by Crippen LogP contribution is 2.33. The summed E-state index contributed by atoms with van der Waals surface area (Å²) < 4.78 is 35.3. The summed E-state index contributed by atoms with van der Waals surface area (Å²) in [5.41, 5.74) is 0.475. The molecule has 0 unspecified atom stereocenters. The van der Waals surface area contributed by atoms with Gasteiger partial charge in [-0.05, 0) is 26.1 Å². The predicted octanol–water partition coefficient (Wildman–Crippen LogP) is 1.06. The van der Waals surface area contributed by atoms with Crippen molar-refractivity contribution in [1.29, 1.82) is 0 Å². The van der Waals surface area contributed by atoms with Crippen LogP contribution >= 0.6 is 11.3 Å². The maximum atomic E-state index is 13.6. The summed E-state index contributed by atoms with van der Waals surface area (Å²) in [6.45, 7) is 5.76. The van der Waals surface area contributed by atoms with Gasteiger partial charge >= 0.3 is 0 Å². The SMILES string of the molecule is COc1ccccc1N1CCN(C(=O)Cn2cnc3sc(C)c(S(=O)(=O)N4CCN(C)CC4)c3c2=O)CC1. The first-order valence-corrected chi connectivity index (χ1v) is 14.8. The van der Waals surface area contributed by atoms with Crippen LogP contribution in [-0.2, 0) is 21.4 Å². The normalized spacial score (nSPS) is 17.8. The molecule has 204 valence electrons. The number of aryl methyl sites for hydroxylation is 1. The van der Waals surface area contributed by atoms with Crippen molar-refractivity contribution in [3.63, 3.8) is 0 Å². The van der Waals surface area contributed by atoms with E-state index in [-0.39, 0.29) is 22.7 Å². The number of aromatic nitrogens is 2. The number of thiophene rings is 1. The summed E-state index contributed by atoms with van der Waals surface area (Å²) in [5, 5.41) is 0.0720. The Morgan fingerprint density at radius 1 is 1.05 bits per heavy atom. The van der Waals surface area contributed by atoms with Crippen LogP contribution in [0.4, 0.5) is 5.69 Å². The molecule has 11 nitrogen and oxygen atoms in total. The fourth-order valence-electron chi connectivity index (χ4n) is 5.03. The Labute approximate surface area is 225 Å². The number of ether oxygens (including phenoxy) is 1. The highest BCUT2D eigenvalue weighted by molar-refractivity contribution is 7.89. The second kappa shape index (κ2) is 10.6. The Hall–Kier alpha value is -3.00. The minimum atomic E-state index is -3.87. The highest BCUT2D eigenvalue weighted by Gasteiger charge is 2.33. The van der Waals surface area contributed by atoms with Gasteiger partial charge in [0.05, 0.1) is 24.5 Å². The molecule has 0 aliphatic carbocycles. The first-order chi connectivity index (χ1) is 18.2. The van der Waals surface area contributed by atoms with Crippen molar-refractivity contribution in [2.75, 3.05) is 71.4 Å². The van der Waals surface area contributed by atoms with Crippen LogP contribution < -0.4 is 15.2 Å². The lowest BCUT2D eigenvalue weighted by atomic mass is 10.2. The van der Waals surface area contributed by atoms with Crippen molar-refractivity contribution < 1.29 is 17.9 Å². The molecule has 0 atom stereocenters. The van der Waals surface area contributed by atoms with Crippen LogP contribution in [0.2, 0.25) is 0 Å². The first kappa shape index (κ1) is 26.6. The largest absolute Gasteiger partial charge is 0.495 e. The summed E-state index contributed by atoms with van der Waals surface area (Å²) in [5.74, 6) is 0.579. The Kier molecular flexibility index (Phi) is 7.45. The number of amides is 1. The number of anilines is 1. The number of para-hydroxylation sites is 2. The van der Waals surface area contributed by atoms with Crippen LogP contribution in [0.15, 0.2) is 40.3 Å². The van der Waals surface area contributed by atoms with Gasteiger partial charge in [0.2, 0.25) is 15.9 Å². The lowest BCUT2D eigenvalue weighted by Crippen LogP contribution is -2.50. The van der Waals surface area contributed by atoms with Gasteiger partial charge in [0.25, 0.3) is 5.56 Å². The summed E-state index contributed by atoms with van der Waals surface area (Å²) >= 11 is 1.19. The van der Waals surface area contributed by atoms with E-state index in [1.54, 1.807) is 18.9 Å². The van der Waals surface area contributed by atoms with Crippen molar-refractivity contribution in [3.8, 4) is 5.75 Å². The van der Waals surface area contributed by atoms with Gasteiger partial charge in [0.1, 0.15) is 22.0 Å². The fraction of sp³-hybridized carbons (Fsp3) is 0.480. The van der Waals surface area contributed by atoms with Gasteiger partial charge in [-0.2, -0.15) is 4.31 Å². The van der Waals surface area contributed by atoms with E-state index >= 15 is 0 Å². The van der Waals surface area contributed by atoms with Crippen molar-refractivity contribution >= 4 is 43.2 Å². The Morgan fingerprint density at radius 2 is 1.74 bits per heavy atom. The third-order valence-corrected chi connectivity index (χ3v) is 10.4. The van der Waals surface area contributed by atoms with Crippen LogP contribution in [-0.4, -0.2) is 104 Å². The molecule has 38 heavy (non-hydrogen) atoms. The number of piperazine rings is 2. The van der Waals surface area contributed by atoms with Crippen LogP contribution in [0.1, 0.15) is 4.88 Å². The third-order valence-electron chi connectivity index (χ3n) is 7.22. The van der Waals surface area contributed by atoms with Gasteiger partial charge in [0, 0.05) is 57.2 Å². The molecule has 1 amide bonds. The number of benzene rings is 1. The monoisotopic (exact) mass is 560 g/mol. The van der Waals surface area contributed by atoms with E-state index in [4.69, 9.17) is 4.74 Å². The number of methoxy groups -OCH3 is 1. The number of likely N-dealkylation sites (N-methyl/N-ethyl adjacent to an activating group) is 1. The molecule has 5 rings (SSSR count). The molecule has 2 aliphatic heterocycles. The molecule has 2 aromatic heterocycles. The molecule has 0 saturated carbocycles. The topological polar surface area (TPSA) is 108 Å². The van der Waals surface area contributed by atoms with Crippen LogP contribution in [0.5, 0.6) is 5.75 Å². The molecular formula is C25H32N6O5S2. The maximum Gasteiger partial charge on any atom is 0.263 e. The van der Waals surface area contributed by atoms with E-state index in [1.165, 1.54) is 26.5 Å². The average Bonchev–Trinajstić information content (AvgIpc) is 3.28. The summed E-state index contributed by atoms with van der Waals surface area (Å²) in [6, 6.07) is 7.77. The summed E-state index contributed by atoms with van der Waals surface area (Å²) in [7, 11) is -0.285. The lowest BCUT2D eigenvalue weighted by Gasteiger charge is -2.36. The molecule has 0 spiro atoms.